The van der Waals surface area contributed by atoms with Crippen molar-refractivity contribution in [3.8, 4) is 11.5 Å². The molecule has 3 rings (SSSR count). The van der Waals surface area contributed by atoms with Crippen molar-refractivity contribution < 1.29 is 27.4 Å². The van der Waals surface area contributed by atoms with Crippen LogP contribution in [0.5, 0.6) is 11.5 Å². The average Bonchev–Trinajstić information content (AvgIpc) is 2.69. The summed E-state index contributed by atoms with van der Waals surface area (Å²) in [6.07, 6.45) is 1.87. The van der Waals surface area contributed by atoms with E-state index in [1.807, 2.05) is 13.8 Å². The Morgan fingerprint density at radius 2 is 1.55 bits per heavy atom. The highest BCUT2D eigenvalue weighted by atomic mass is 19.4. The van der Waals surface area contributed by atoms with E-state index in [2.05, 4.69) is 0 Å². The van der Waals surface area contributed by atoms with Gasteiger partial charge in [0.25, 0.3) is 0 Å². The summed E-state index contributed by atoms with van der Waals surface area (Å²) in [6, 6.07) is 11.7. The van der Waals surface area contributed by atoms with Crippen molar-refractivity contribution in [2.75, 3.05) is 0 Å². The van der Waals surface area contributed by atoms with Crippen LogP contribution in [0.1, 0.15) is 74.7 Å². The standard InChI is InChI=1S/C25H29F3O3/c1-18(2)24(15-9-4-3-5-10-16-24)31-22-17-19(13-14-21(22)25(26,27)28)23(29)30-20-11-7-6-8-12-20/h6-8,11-14,17-18H,3-5,9-10,15-16H2,1-2H3. The first-order valence-corrected chi connectivity index (χ1v) is 10.9. The highest BCUT2D eigenvalue weighted by Crippen LogP contribution is 2.42. The first kappa shape index (κ1) is 23.2. The number of carbonyl (C=O) groups is 1. The summed E-state index contributed by atoms with van der Waals surface area (Å²) < 4.78 is 52.8. The SMILES string of the molecule is CC(C)C1(Oc2cc(C(=O)Oc3ccccc3)ccc2C(F)(F)F)CCCCCCC1. The second-order valence-corrected chi connectivity index (χ2v) is 8.50. The summed E-state index contributed by atoms with van der Waals surface area (Å²) in [5.41, 5.74) is -1.54. The Hall–Kier alpha value is -2.50. The van der Waals surface area contributed by atoms with Gasteiger partial charge in [-0.3, -0.25) is 0 Å². The predicted molar refractivity (Wildman–Crippen MR) is 113 cm³/mol. The molecule has 6 heteroatoms. The Morgan fingerprint density at radius 3 is 2.13 bits per heavy atom. The van der Waals surface area contributed by atoms with Crippen molar-refractivity contribution in [2.45, 2.75) is 70.6 Å². The Bertz CT molecular complexity index is 867. The van der Waals surface area contributed by atoms with E-state index in [4.69, 9.17) is 9.47 Å². The van der Waals surface area contributed by atoms with E-state index in [0.717, 1.165) is 44.2 Å². The minimum Gasteiger partial charge on any atom is -0.486 e. The molecule has 0 heterocycles. The molecule has 0 N–H and O–H groups in total. The van der Waals surface area contributed by atoms with Crippen LogP contribution in [-0.2, 0) is 6.18 Å². The molecule has 0 atom stereocenters. The van der Waals surface area contributed by atoms with Crippen molar-refractivity contribution in [2.24, 2.45) is 5.92 Å². The molecule has 3 nitrogen and oxygen atoms in total. The molecule has 1 fully saturated rings. The van der Waals surface area contributed by atoms with Crippen LogP contribution < -0.4 is 9.47 Å². The molecular weight excluding hydrogens is 405 g/mol. The fourth-order valence-electron chi connectivity index (χ4n) is 4.14. The third-order valence-electron chi connectivity index (χ3n) is 6.04. The molecule has 168 valence electrons. The summed E-state index contributed by atoms with van der Waals surface area (Å²) in [5, 5.41) is 0. The van der Waals surface area contributed by atoms with Crippen molar-refractivity contribution in [3.63, 3.8) is 0 Å². The summed E-state index contributed by atoms with van der Waals surface area (Å²) in [5.74, 6) is -0.662. The number of rotatable bonds is 5. The first-order valence-electron chi connectivity index (χ1n) is 10.9. The molecule has 0 aliphatic heterocycles. The smallest absolute Gasteiger partial charge is 0.419 e. The lowest BCUT2D eigenvalue weighted by atomic mass is 9.79. The lowest BCUT2D eigenvalue weighted by Gasteiger charge is -2.40. The van der Waals surface area contributed by atoms with E-state index in [1.165, 1.54) is 6.07 Å². The summed E-state index contributed by atoms with van der Waals surface area (Å²) in [4.78, 5) is 12.6. The van der Waals surface area contributed by atoms with E-state index in [9.17, 15) is 18.0 Å². The molecule has 0 aromatic heterocycles. The van der Waals surface area contributed by atoms with Crippen LogP contribution in [-0.4, -0.2) is 11.6 Å². The molecule has 1 aliphatic rings. The lowest BCUT2D eigenvalue weighted by Crippen LogP contribution is -2.42. The predicted octanol–water partition coefficient (Wildman–Crippen LogP) is 7.44. The molecule has 0 spiro atoms. The molecule has 0 unspecified atom stereocenters. The van der Waals surface area contributed by atoms with E-state index < -0.39 is 23.3 Å². The molecule has 0 bridgehead atoms. The van der Waals surface area contributed by atoms with E-state index in [-0.39, 0.29) is 17.2 Å². The van der Waals surface area contributed by atoms with Crippen molar-refractivity contribution >= 4 is 5.97 Å². The van der Waals surface area contributed by atoms with Crippen molar-refractivity contribution in [3.05, 3.63) is 59.7 Å². The molecule has 1 saturated carbocycles. The fraction of sp³-hybridized carbons (Fsp3) is 0.480. The highest BCUT2D eigenvalue weighted by molar-refractivity contribution is 5.91. The monoisotopic (exact) mass is 434 g/mol. The fourth-order valence-corrected chi connectivity index (χ4v) is 4.14. The molecule has 0 radical (unpaired) electrons. The van der Waals surface area contributed by atoms with Crippen LogP contribution in [0.4, 0.5) is 13.2 Å². The van der Waals surface area contributed by atoms with Crippen molar-refractivity contribution in [1.29, 1.82) is 0 Å². The van der Waals surface area contributed by atoms with Gasteiger partial charge in [-0.1, -0.05) is 51.3 Å². The summed E-state index contributed by atoms with van der Waals surface area (Å²) in [7, 11) is 0. The molecular formula is C25H29F3O3. The van der Waals surface area contributed by atoms with E-state index in [1.54, 1.807) is 30.3 Å². The normalized spacial score (nSPS) is 17.0. The van der Waals surface area contributed by atoms with E-state index >= 15 is 0 Å². The summed E-state index contributed by atoms with van der Waals surface area (Å²) >= 11 is 0. The molecule has 2 aromatic rings. The van der Waals surface area contributed by atoms with Gasteiger partial charge < -0.3 is 9.47 Å². The Labute approximate surface area is 181 Å². The molecule has 0 saturated heterocycles. The maximum atomic E-state index is 13.8. The highest BCUT2D eigenvalue weighted by Gasteiger charge is 2.40. The minimum atomic E-state index is -4.59. The summed E-state index contributed by atoms with van der Waals surface area (Å²) in [6.45, 7) is 3.98. The second kappa shape index (κ2) is 9.75. The van der Waals surface area contributed by atoms with Crippen LogP contribution >= 0.6 is 0 Å². The Morgan fingerprint density at radius 1 is 0.935 bits per heavy atom. The Kier molecular flexibility index (Phi) is 7.29. The number of ether oxygens (including phenoxy) is 2. The third kappa shape index (κ3) is 5.81. The zero-order valence-corrected chi connectivity index (χ0v) is 18.0. The maximum Gasteiger partial charge on any atom is 0.419 e. The van der Waals surface area contributed by atoms with Crippen LogP contribution in [0, 0.1) is 5.92 Å². The number of alkyl halides is 3. The third-order valence-corrected chi connectivity index (χ3v) is 6.04. The van der Waals surface area contributed by atoms with Gasteiger partial charge in [0.1, 0.15) is 17.1 Å². The number of benzene rings is 2. The average molecular weight is 434 g/mol. The number of carbonyl (C=O) groups excluding carboxylic acids is 1. The van der Waals surface area contributed by atoms with Crippen LogP contribution in [0.2, 0.25) is 0 Å². The van der Waals surface area contributed by atoms with Crippen molar-refractivity contribution in [1.82, 2.24) is 0 Å². The number of halogens is 3. The number of hydrogen-bond donors (Lipinski definition) is 0. The lowest BCUT2D eigenvalue weighted by molar-refractivity contribution is -0.140. The second-order valence-electron chi connectivity index (χ2n) is 8.50. The van der Waals surface area contributed by atoms with Crippen LogP contribution in [0.15, 0.2) is 48.5 Å². The number of hydrogen-bond acceptors (Lipinski definition) is 3. The zero-order valence-electron chi connectivity index (χ0n) is 18.0. The van der Waals surface area contributed by atoms with Crippen LogP contribution in [0.3, 0.4) is 0 Å². The van der Waals surface area contributed by atoms with Gasteiger partial charge >= 0.3 is 12.1 Å². The minimum absolute atomic E-state index is 0.0246. The topological polar surface area (TPSA) is 35.5 Å². The van der Waals surface area contributed by atoms with Gasteiger partial charge in [0, 0.05) is 0 Å². The van der Waals surface area contributed by atoms with Gasteiger partial charge in [0.15, 0.2) is 0 Å². The molecule has 2 aromatic carbocycles. The van der Waals surface area contributed by atoms with Gasteiger partial charge in [0.05, 0.1) is 11.1 Å². The molecule has 0 amide bonds. The van der Waals surface area contributed by atoms with Crippen LogP contribution in [0.25, 0.3) is 0 Å². The molecule has 1 aliphatic carbocycles. The van der Waals surface area contributed by atoms with Gasteiger partial charge in [-0.2, -0.15) is 13.2 Å². The number of para-hydroxylation sites is 1. The largest absolute Gasteiger partial charge is 0.486 e. The van der Waals surface area contributed by atoms with Gasteiger partial charge in [-0.25, -0.2) is 4.79 Å². The maximum absolute atomic E-state index is 13.8. The first-order chi connectivity index (χ1) is 14.7. The van der Waals surface area contributed by atoms with Gasteiger partial charge in [-0.05, 0) is 61.9 Å². The Balaban J connectivity index is 1.95. The molecule has 31 heavy (non-hydrogen) atoms. The zero-order chi connectivity index (χ0) is 22.5. The number of esters is 1. The quantitative estimate of drug-likeness (QED) is 0.362. The van der Waals surface area contributed by atoms with Gasteiger partial charge in [0.2, 0.25) is 0 Å². The van der Waals surface area contributed by atoms with E-state index in [0.29, 0.717) is 18.6 Å². The van der Waals surface area contributed by atoms with Gasteiger partial charge in [-0.15, -0.1) is 0 Å².